The lowest BCUT2D eigenvalue weighted by Crippen LogP contribution is -2.34. The number of hydrogen-bond acceptors (Lipinski definition) is 4. The maximum atomic E-state index is 12.0. The van der Waals surface area contributed by atoms with E-state index in [9.17, 15) is 9.90 Å². The van der Waals surface area contributed by atoms with Gasteiger partial charge in [0.25, 0.3) is 5.91 Å². The Kier molecular flexibility index (Phi) is 5.00. The molecule has 1 atom stereocenters. The number of carbonyl (C=O) groups excluding carboxylic acids is 1. The Hall–Kier alpha value is -1.40. The number of hydrogen-bond donors (Lipinski definition) is 2. The minimum atomic E-state index is -0.676. The number of ether oxygens (including phenoxy) is 1. The van der Waals surface area contributed by atoms with Gasteiger partial charge in [-0.1, -0.05) is 0 Å². The van der Waals surface area contributed by atoms with E-state index in [1.165, 1.54) is 19.0 Å². The molecule has 1 saturated carbocycles. The standard InChI is InChI=1S/C15H25N3O3/c1-15(2,3)18-8-12(6-17-18)14(20)16-7-13(19)10-21-9-11-4-5-11/h6,8,11,13,19H,4-5,7,9-10H2,1-3H3,(H,16,20). The summed E-state index contributed by atoms with van der Waals surface area (Å²) in [6.45, 7) is 7.21. The van der Waals surface area contributed by atoms with Gasteiger partial charge in [0.2, 0.25) is 0 Å². The van der Waals surface area contributed by atoms with Crippen LogP contribution in [0.4, 0.5) is 0 Å². The van der Waals surface area contributed by atoms with Gasteiger partial charge in [0.05, 0.1) is 30.0 Å². The molecule has 0 saturated heterocycles. The smallest absolute Gasteiger partial charge is 0.254 e. The highest BCUT2D eigenvalue weighted by molar-refractivity contribution is 5.93. The average molecular weight is 295 g/mol. The molecule has 0 aromatic carbocycles. The summed E-state index contributed by atoms with van der Waals surface area (Å²) in [5, 5.41) is 16.6. The fourth-order valence-electron chi connectivity index (χ4n) is 1.83. The Morgan fingerprint density at radius 1 is 1.57 bits per heavy atom. The van der Waals surface area contributed by atoms with Crippen molar-refractivity contribution in [2.75, 3.05) is 19.8 Å². The maximum absolute atomic E-state index is 12.0. The summed E-state index contributed by atoms with van der Waals surface area (Å²) in [5.41, 5.74) is 0.338. The number of carbonyl (C=O) groups is 1. The summed E-state index contributed by atoms with van der Waals surface area (Å²) >= 11 is 0. The van der Waals surface area contributed by atoms with Crippen LogP contribution in [0.1, 0.15) is 44.0 Å². The molecule has 0 radical (unpaired) electrons. The van der Waals surface area contributed by atoms with Crippen molar-refractivity contribution in [2.45, 2.75) is 45.3 Å². The van der Waals surface area contributed by atoms with Crippen molar-refractivity contribution in [3.63, 3.8) is 0 Å². The van der Waals surface area contributed by atoms with Crippen LogP contribution in [-0.2, 0) is 10.3 Å². The lowest BCUT2D eigenvalue weighted by Gasteiger charge is -2.18. The molecule has 1 aliphatic rings. The molecule has 1 aromatic heterocycles. The van der Waals surface area contributed by atoms with E-state index in [0.29, 0.717) is 18.1 Å². The third-order valence-corrected chi connectivity index (χ3v) is 3.39. The van der Waals surface area contributed by atoms with E-state index in [1.54, 1.807) is 10.9 Å². The lowest BCUT2D eigenvalue weighted by molar-refractivity contribution is 0.0320. The van der Waals surface area contributed by atoms with Crippen LogP contribution >= 0.6 is 0 Å². The zero-order valence-electron chi connectivity index (χ0n) is 13.0. The average Bonchev–Trinajstić information content (AvgIpc) is 3.07. The molecule has 1 unspecified atom stereocenters. The molecule has 1 fully saturated rings. The van der Waals surface area contributed by atoms with Crippen molar-refractivity contribution in [3.8, 4) is 0 Å². The Morgan fingerprint density at radius 2 is 2.29 bits per heavy atom. The van der Waals surface area contributed by atoms with Crippen LogP contribution < -0.4 is 5.32 Å². The molecule has 0 spiro atoms. The zero-order chi connectivity index (χ0) is 15.5. The first-order chi connectivity index (χ1) is 9.86. The van der Waals surface area contributed by atoms with Gasteiger partial charge < -0.3 is 15.2 Å². The molecular formula is C15H25N3O3. The second kappa shape index (κ2) is 6.58. The van der Waals surface area contributed by atoms with E-state index in [-0.39, 0.29) is 24.6 Å². The summed E-state index contributed by atoms with van der Waals surface area (Å²) < 4.78 is 7.14. The number of amides is 1. The van der Waals surface area contributed by atoms with Gasteiger partial charge in [-0.05, 0) is 39.5 Å². The number of aliphatic hydroxyl groups excluding tert-OH is 1. The third-order valence-electron chi connectivity index (χ3n) is 3.39. The molecule has 2 rings (SSSR count). The summed E-state index contributed by atoms with van der Waals surface area (Å²) in [7, 11) is 0. The quantitative estimate of drug-likeness (QED) is 0.791. The summed E-state index contributed by atoms with van der Waals surface area (Å²) in [6.07, 6.45) is 5.03. The Bertz CT molecular complexity index is 475. The molecule has 1 aliphatic carbocycles. The normalized spacial score (nSPS) is 16.8. The molecule has 6 nitrogen and oxygen atoms in total. The van der Waals surface area contributed by atoms with Gasteiger partial charge in [0.15, 0.2) is 0 Å². The van der Waals surface area contributed by atoms with E-state index in [1.807, 2.05) is 20.8 Å². The molecule has 2 N–H and O–H groups in total. The van der Waals surface area contributed by atoms with Crippen LogP contribution in [0.3, 0.4) is 0 Å². The highest BCUT2D eigenvalue weighted by Gasteiger charge is 2.22. The number of aliphatic hydroxyl groups is 1. The second-order valence-corrected chi connectivity index (χ2v) is 6.69. The number of aromatic nitrogens is 2. The molecule has 0 aliphatic heterocycles. The van der Waals surface area contributed by atoms with E-state index in [0.717, 1.165) is 0 Å². The Balaban J connectivity index is 1.71. The van der Waals surface area contributed by atoms with Crippen molar-refractivity contribution in [3.05, 3.63) is 18.0 Å². The van der Waals surface area contributed by atoms with Gasteiger partial charge in [-0.2, -0.15) is 5.10 Å². The lowest BCUT2D eigenvalue weighted by atomic mass is 10.1. The topological polar surface area (TPSA) is 76.4 Å². The van der Waals surface area contributed by atoms with Crippen molar-refractivity contribution >= 4 is 5.91 Å². The maximum Gasteiger partial charge on any atom is 0.254 e. The fraction of sp³-hybridized carbons (Fsp3) is 0.733. The minimum absolute atomic E-state index is 0.158. The molecule has 21 heavy (non-hydrogen) atoms. The van der Waals surface area contributed by atoms with E-state index in [4.69, 9.17) is 4.74 Å². The largest absolute Gasteiger partial charge is 0.389 e. The Labute approximate surface area is 125 Å². The van der Waals surface area contributed by atoms with E-state index in [2.05, 4.69) is 10.4 Å². The van der Waals surface area contributed by atoms with Crippen molar-refractivity contribution < 1.29 is 14.6 Å². The highest BCUT2D eigenvalue weighted by Crippen LogP contribution is 2.28. The van der Waals surface area contributed by atoms with E-state index < -0.39 is 6.10 Å². The summed E-state index contributed by atoms with van der Waals surface area (Å²) in [5.74, 6) is 0.446. The number of nitrogens with zero attached hydrogens (tertiary/aromatic N) is 2. The van der Waals surface area contributed by atoms with Gasteiger partial charge in [-0.3, -0.25) is 9.48 Å². The predicted molar refractivity (Wildman–Crippen MR) is 79.1 cm³/mol. The summed E-state index contributed by atoms with van der Waals surface area (Å²) in [4.78, 5) is 12.0. The first-order valence-corrected chi connectivity index (χ1v) is 7.45. The number of nitrogens with one attached hydrogen (secondary N) is 1. The van der Waals surface area contributed by atoms with Gasteiger partial charge in [-0.25, -0.2) is 0 Å². The van der Waals surface area contributed by atoms with Crippen LogP contribution in [0, 0.1) is 5.92 Å². The van der Waals surface area contributed by atoms with Crippen LogP contribution in [0.25, 0.3) is 0 Å². The minimum Gasteiger partial charge on any atom is -0.389 e. The van der Waals surface area contributed by atoms with Crippen LogP contribution in [0.2, 0.25) is 0 Å². The SMILES string of the molecule is CC(C)(C)n1cc(C(=O)NCC(O)COCC2CC2)cn1. The second-order valence-electron chi connectivity index (χ2n) is 6.69. The van der Waals surface area contributed by atoms with E-state index >= 15 is 0 Å². The first-order valence-electron chi connectivity index (χ1n) is 7.45. The molecular weight excluding hydrogens is 270 g/mol. The third kappa shape index (κ3) is 5.13. The molecule has 1 amide bonds. The van der Waals surface area contributed by atoms with Crippen LogP contribution in [-0.4, -0.2) is 46.7 Å². The van der Waals surface area contributed by atoms with Crippen LogP contribution in [0.5, 0.6) is 0 Å². The highest BCUT2D eigenvalue weighted by atomic mass is 16.5. The van der Waals surface area contributed by atoms with Crippen molar-refractivity contribution in [2.24, 2.45) is 5.92 Å². The predicted octanol–water partition coefficient (Wildman–Crippen LogP) is 1.16. The van der Waals surface area contributed by atoms with Gasteiger partial charge >= 0.3 is 0 Å². The zero-order valence-corrected chi connectivity index (χ0v) is 13.0. The number of rotatable bonds is 7. The molecule has 0 bridgehead atoms. The van der Waals surface area contributed by atoms with Crippen molar-refractivity contribution in [1.29, 1.82) is 0 Å². The van der Waals surface area contributed by atoms with Gasteiger partial charge in [0.1, 0.15) is 0 Å². The molecule has 1 aromatic rings. The first kappa shape index (κ1) is 16.0. The monoisotopic (exact) mass is 295 g/mol. The molecule has 6 heteroatoms. The Morgan fingerprint density at radius 3 is 2.86 bits per heavy atom. The summed E-state index contributed by atoms with van der Waals surface area (Å²) in [6, 6.07) is 0. The molecule has 1 heterocycles. The van der Waals surface area contributed by atoms with Crippen molar-refractivity contribution in [1.82, 2.24) is 15.1 Å². The van der Waals surface area contributed by atoms with Gasteiger partial charge in [0, 0.05) is 19.3 Å². The van der Waals surface area contributed by atoms with Gasteiger partial charge in [-0.15, -0.1) is 0 Å². The molecule has 118 valence electrons. The fourth-order valence-corrected chi connectivity index (χ4v) is 1.83. The van der Waals surface area contributed by atoms with Crippen LogP contribution in [0.15, 0.2) is 12.4 Å².